The van der Waals surface area contributed by atoms with Crippen molar-refractivity contribution in [2.24, 2.45) is 5.92 Å². The van der Waals surface area contributed by atoms with Crippen molar-refractivity contribution >= 4 is 22.8 Å². The van der Waals surface area contributed by atoms with Gasteiger partial charge in [0.15, 0.2) is 0 Å². The summed E-state index contributed by atoms with van der Waals surface area (Å²) in [7, 11) is 0. The van der Waals surface area contributed by atoms with Gasteiger partial charge in [-0.1, -0.05) is 33.3 Å². The molecule has 0 radical (unpaired) electrons. The fourth-order valence-corrected chi connectivity index (χ4v) is 3.67. The van der Waals surface area contributed by atoms with Crippen molar-refractivity contribution in [1.82, 2.24) is 19.7 Å². The van der Waals surface area contributed by atoms with Crippen molar-refractivity contribution in [2.45, 2.75) is 46.7 Å². The van der Waals surface area contributed by atoms with Crippen molar-refractivity contribution < 1.29 is 4.42 Å². The number of hydrogen-bond acceptors (Lipinski definition) is 8. The van der Waals surface area contributed by atoms with Crippen molar-refractivity contribution in [1.29, 1.82) is 0 Å². The minimum absolute atomic E-state index is 0.154. The predicted molar refractivity (Wildman–Crippen MR) is 114 cm³/mol. The topological polar surface area (TPSA) is 123 Å². The first-order chi connectivity index (χ1) is 13.9. The molecule has 0 saturated heterocycles. The van der Waals surface area contributed by atoms with Crippen LogP contribution in [0.5, 0.6) is 0 Å². The lowest BCUT2D eigenvalue weighted by atomic mass is 10.2. The third-order valence-electron chi connectivity index (χ3n) is 4.38. The van der Waals surface area contributed by atoms with Crippen LogP contribution in [0.1, 0.15) is 39.5 Å². The van der Waals surface area contributed by atoms with E-state index in [1.54, 1.807) is 4.90 Å². The molecule has 0 amide bonds. The summed E-state index contributed by atoms with van der Waals surface area (Å²) in [6.45, 7) is 7.24. The summed E-state index contributed by atoms with van der Waals surface area (Å²) in [6.07, 6.45) is 1.78. The molecule has 3 aromatic rings. The van der Waals surface area contributed by atoms with Gasteiger partial charge < -0.3 is 15.1 Å². The minimum Gasteiger partial charge on any atom is -0.418 e. The fourth-order valence-electron chi connectivity index (χ4n) is 3.03. The Kier molecular flexibility index (Phi) is 6.53. The van der Waals surface area contributed by atoms with Gasteiger partial charge in [-0.15, -0.1) is 21.5 Å². The van der Waals surface area contributed by atoms with E-state index in [0.717, 1.165) is 17.7 Å². The maximum absolute atomic E-state index is 12.6. The summed E-state index contributed by atoms with van der Waals surface area (Å²) in [5.41, 5.74) is 5.52. The predicted octanol–water partition coefficient (Wildman–Crippen LogP) is 2.69. The smallest absolute Gasteiger partial charge is 0.330 e. The van der Waals surface area contributed by atoms with E-state index in [2.05, 4.69) is 22.1 Å². The first-order valence-electron chi connectivity index (χ1n) is 9.64. The van der Waals surface area contributed by atoms with Crippen LogP contribution < -0.4 is 21.9 Å². The number of rotatable bonds is 9. The Balaban J connectivity index is 1.97. The van der Waals surface area contributed by atoms with Gasteiger partial charge in [0, 0.05) is 13.1 Å². The Labute approximate surface area is 172 Å². The molecule has 156 valence electrons. The molecule has 3 aromatic heterocycles. The quantitative estimate of drug-likeness (QED) is 0.547. The standard InChI is InChI=1S/C19H26N6O3S/c1-4-5-8-24(11-14-22-23-18(28-14)13-7-6-9-29-13)15-16(20)25(10-12(2)3)19(27)21-17(15)26/h6-7,9,12H,4-5,8,10-11,20H2,1-3H3,(H,21,26,27). The van der Waals surface area contributed by atoms with Crippen LogP contribution in [0.25, 0.3) is 10.8 Å². The molecule has 0 aliphatic carbocycles. The molecule has 3 heterocycles. The molecule has 10 heteroatoms. The zero-order chi connectivity index (χ0) is 21.0. The molecule has 9 nitrogen and oxygen atoms in total. The summed E-state index contributed by atoms with van der Waals surface area (Å²) in [6, 6.07) is 3.82. The van der Waals surface area contributed by atoms with Crippen LogP contribution in [0, 0.1) is 5.92 Å². The molecule has 0 aliphatic heterocycles. The molecular formula is C19H26N6O3S. The Morgan fingerprint density at radius 1 is 1.34 bits per heavy atom. The highest BCUT2D eigenvalue weighted by Crippen LogP contribution is 2.25. The van der Waals surface area contributed by atoms with Gasteiger partial charge in [-0.25, -0.2) is 4.79 Å². The Morgan fingerprint density at radius 3 is 2.79 bits per heavy atom. The number of nitrogens with one attached hydrogen (secondary N) is 1. The Morgan fingerprint density at radius 2 is 2.14 bits per heavy atom. The van der Waals surface area contributed by atoms with E-state index in [4.69, 9.17) is 10.2 Å². The van der Waals surface area contributed by atoms with Gasteiger partial charge in [-0.05, 0) is 23.8 Å². The average molecular weight is 419 g/mol. The summed E-state index contributed by atoms with van der Waals surface area (Å²) in [5.74, 6) is 1.17. The van der Waals surface area contributed by atoms with Gasteiger partial charge in [0.2, 0.25) is 5.89 Å². The van der Waals surface area contributed by atoms with Gasteiger partial charge in [0.1, 0.15) is 11.5 Å². The molecule has 3 N–H and O–H groups in total. The van der Waals surface area contributed by atoms with E-state index in [0.29, 0.717) is 24.9 Å². The lowest BCUT2D eigenvalue weighted by Gasteiger charge is -2.25. The molecule has 0 spiro atoms. The summed E-state index contributed by atoms with van der Waals surface area (Å²) in [4.78, 5) is 30.0. The highest BCUT2D eigenvalue weighted by molar-refractivity contribution is 7.13. The largest absolute Gasteiger partial charge is 0.418 e. The highest BCUT2D eigenvalue weighted by Gasteiger charge is 2.21. The van der Waals surface area contributed by atoms with Gasteiger partial charge in [-0.3, -0.25) is 14.3 Å². The van der Waals surface area contributed by atoms with E-state index in [1.807, 2.05) is 31.4 Å². The number of H-pyrrole nitrogens is 1. The third-order valence-corrected chi connectivity index (χ3v) is 5.24. The molecule has 0 bridgehead atoms. The Hall–Kier alpha value is -2.88. The fraction of sp³-hybridized carbons (Fsp3) is 0.474. The molecule has 3 rings (SSSR count). The van der Waals surface area contributed by atoms with E-state index >= 15 is 0 Å². The normalized spacial score (nSPS) is 11.3. The molecule has 0 fully saturated rings. The van der Waals surface area contributed by atoms with Gasteiger partial charge >= 0.3 is 5.69 Å². The zero-order valence-corrected chi connectivity index (χ0v) is 17.7. The number of nitrogens with zero attached hydrogens (tertiary/aromatic N) is 4. The zero-order valence-electron chi connectivity index (χ0n) is 16.8. The minimum atomic E-state index is -0.512. The number of anilines is 2. The average Bonchev–Trinajstić information content (AvgIpc) is 3.34. The number of aromatic nitrogens is 4. The molecule has 0 unspecified atom stereocenters. The number of nitrogens with two attached hydrogens (primary N) is 1. The number of aromatic amines is 1. The van der Waals surface area contributed by atoms with Gasteiger partial charge in [0.25, 0.3) is 11.4 Å². The summed E-state index contributed by atoms with van der Waals surface area (Å²) in [5, 5.41) is 10.2. The van der Waals surface area contributed by atoms with Gasteiger partial charge in [-0.2, -0.15) is 0 Å². The van der Waals surface area contributed by atoms with E-state index in [-0.39, 0.29) is 24.0 Å². The second kappa shape index (κ2) is 9.08. The first-order valence-corrected chi connectivity index (χ1v) is 10.5. The van der Waals surface area contributed by atoms with Crippen LogP contribution >= 0.6 is 11.3 Å². The van der Waals surface area contributed by atoms with E-state index in [9.17, 15) is 9.59 Å². The molecule has 0 saturated carbocycles. The van der Waals surface area contributed by atoms with Crippen molar-refractivity contribution in [3.8, 4) is 10.8 Å². The number of hydrogen-bond donors (Lipinski definition) is 2. The maximum atomic E-state index is 12.6. The van der Waals surface area contributed by atoms with Crippen LogP contribution in [0.4, 0.5) is 11.5 Å². The molecular weight excluding hydrogens is 392 g/mol. The van der Waals surface area contributed by atoms with Crippen LogP contribution in [-0.2, 0) is 13.1 Å². The number of unbranched alkanes of at least 4 members (excludes halogenated alkanes) is 1. The Bertz CT molecular complexity index is 1050. The molecule has 0 atom stereocenters. The van der Waals surface area contributed by atoms with Crippen LogP contribution in [0.2, 0.25) is 0 Å². The third kappa shape index (κ3) is 4.76. The van der Waals surface area contributed by atoms with E-state index in [1.165, 1.54) is 15.9 Å². The van der Waals surface area contributed by atoms with Crippen LogP contribution in [0.15, 0.2) is 31.5 Å². The number of thiophene rings is 1. The summed E-state index contributed by atoms with van der Waals surface area (Å²) < 4.78 is 7.19. The second-order valence-corrected chi connectivity index (χ2v) is 8.20. The first kappa shape index (κ1) is 20.8. The lowest BCUT2D eigenvalue weighted by molar-refractivity contribution is 0.491. The number of nitrogen functional groups attached to an aromatic ring is 1. The molecule has 0 aliphatic rings. The SMILES string of the molecule is CCCCN(Cc1nnc(-c2cccs2)o1)c1c(N)n(CC(C)C)c(=O)[nH]c1=O. The lowest BCUT2D eigenvalue weighted by Crippen LogP contribution is -2.39. The monoisotopic (exact) mass is 418 g/mol. The van der Waals surface area contributed by atoms with Gasteiger partial charge in [0.05, 0.1) is 11.4 Å². The highest BCUT2D eigenvalue weighted by atomic mass is 32.1. The molecule has 0 aromatic carbocycles. The van der Waals surface area contributed by atoms with Crippen LogP contribution in [0.3, 0.4) is 0 Å². The van der Waals surface area contributed by atoms with E-state index < -0.39 is 11.2 Å². The summed E-state index contributed by atoms with van der Waals surface area (Å²) >= 11 is 1.51. The van der Waals surface area contributed by atoms with Crippen molar-refractivity contribution in [3.05, 3.63) is 44.2 Å². The van der Waals surface area contributed by atoms with Crippen LogP contribution in [-0.4, -0.2) is 26.3 Å². The van der Waals surface area contributed by atoms with Crippen molar-refractivity contribution in [3.63, 3.8) is 0 Å². The second-order valence-electron chi connectivity index (χ2n) is 7.25. The van der Waals surface area contributed by atoms with Crippen molar-refractivity contribution in [2.75, 3.05) is 17.2 Å². The maximum Gasteiger partial charge on any atom is 0.330 e. The molecule has 29 heavy (non-hydrogen) atoms.